The van der Waals surface area contributed by atoms with Crippen molar-refractivity contribution in [2.45, 2.75) is 6.04 Å². The van der Waals surface area contributed by atoms with Crippen molar-refractivity contribution in [1.29, 1.82) is 0 Å². The SMILES string of the molecule is Cn1nc(-c2ccccc2)cc1C1COCCN1. The van der Waals surface area contributed by atoms with Gasteiger partial charge in [-0.25, -0.2) is 0 Å². The predicted octanol–water partition coefficient (Wildman–Crippen LogP) is 1.75. The van der Waals surface area contributed by atoms with Crippen LogP contribution in [0.3, 0.4) is 0 Å². The van der Waals surface area contributed by atoms with Gasteiger partial charge in [-0.15, -0.1) is 0 Å². The topological polar surface area (TPSA) is 39.1 Å². The second-order valence-electron chi connectivity index (χ2n) is 4.53. The molecule has 4 nitrogen and oxygen atoms in total. The number of hydrogen-bond donors (Lipinski definition) is 1. The number of benzene rings is 1. The molecule has 0 radical (unpaired) electrons. The summed E-state index contributed by atoms with van der Waals surface area (Å²) in [6.07, 6.45) is 0. The Bertz CT molecular complexity index is 515. The van der Waals surface area contributed by atoms with Crippen LogP contribution >= 0.6 is 0 Å². The lowest BCUT2D eigenvalue weighted by molar-refractivity contribution is 0.0744. The molecule has 0 saturated carbocycles. The van der Waals surface area contributed by atoms with Crippen molar-refractivity contribution in [3.63, 3.8) is 0 Å². The van der Waals surface area contributed by atoms with Crippen molar-refractivity contribution in [2.24, 2.45) is 7.05 Å². The van der Waals surface area contributed by atoms with Gasteiger partial charge in [-0.1, -0.05) is 30.3 Å². The van der Waals surface area contributed by atoms with Crippen molar-refractivity contribution in [3.8, 4) is 11.3 Å². The quantitative estimate of drug-likeness (QED) is 0.873. The Labute approximate surface area is 107 Å². The van der Waals surface area contributed by atoms with Crippen LogP contribution in [0.15, 0.2) is 36.4 Å². The fraction of sp³-hybridized carbons (Fsp3) is 0.357. The summed E-state index contributed by atoms with van der Waals surface area (Å²) < 4.78 is 7.44. The molecule has 0 aliphatic carbocycles. The number of nitrogens with one attached hydrogen (secondary N) is 1. The third-order valence-corrected chi connectivity index (χ3v) is 3.26. The first-order chi connectivity index (χ1) is 8.84. The number of morpholine rings is 1. The maximum atomic E-state index is 5.50. The lowest BCUT2D eigenvalue weighted by Gasteiger charge is -2.23. The summed E-state index contributed by atoms with van der Waals surface area (Å²) >= 11 is 0. The highest BCUT2D eigenvalue weighted by molar-refractivity contribution is 5.59. The lowest BCUT2D eigenvalue weighted by atomic mass is 10.1. The summed E-state index contributed by atoms with van der Waals surface area (Å²) in [4.78, 5) is 0. The Morgan fingerprint density at radius 1 is 1.33 bits per heavy atom. The second kappa shape index (κ2) is 4.92. The number of nitrogens with zero attached hydrogens (tertiary/aromatic N) is 2. The van der Waals surface area contributed by atoms with Crippen LogP contribution in [-0.4, -0.2) is 29.5 Å². The Morgan fingerprint density at radius 3 is 2.89 bits per heavy atom. The van der Waals surface area contributed by atoms with Gasteiger partial charge in [0.2, 0.25) is 0 Å². The van der Waals surface area contributed by atoms with E-state index in [4.69, 9.17) is 4.74 Å². The van der Waals surface area contributed by atoms with Gasteiger partial charge < -0.3 is 10.1 Å². The molecule has 1 N–H and O–H groups in total. The van der Waals surface area contributed by atoms with Crippen LogP contribution in [0, 0.1) is 0 Å². The molecule has 1 aliphatic heterocycles. The molecule has 1 aliphatic rings. The van der Waals surface area contributed by atoms with Gasteiger partial charge in [0.15, 0.2) is 0 Å². The van der Waals surface area contributed by atoms with E-state index in [1.54, 1.807) is 0 Å². The largest absolute Gasteiger partial charge is 0.378 e. The normalized spacial score (nSPS) is 19.9. The van der Waals surface area contributed by atoms with Crippen molar-refractivity contribution in [2.75, 3.05) is 19.8 Å². The summed E-state index contributed by atoms with van der Waals surface area (Å²) in [7, 11) is 1.98. The van der Waals surface area contributed by atoms with E-state index in [1.807, 2.05) is 29.9 Å². The molecule has 2 heterocycles. The number of aromatic nitrogens is 2. The van der Waals surface area contributed by atoms with Crippen molar-refractivity contribution < 1.29 is 4.74 Å². The average Bonchev–Trinajstić information content (AvgIpc) is 2.83. The van der Waals surface area contributed by atoms with Crippen LogP contribution in [0.5, 0.6) is 0 Å². The Balaban J connectivity index is 1.91. The molecule has 1 aromatic carbocycles. The Kier molecular flexibility index (Phi) is 3.13. The zero-order valence-corrected chi connectivity index (χ0v) is 10.5. The van der Waals surface area contributed by atoms with Crippen molar-refractivity contribution in [3.05, 3.63) is 42.1 Å². The molecule has 1 aromatic heterocycles. The first kappa shape index (κ1) is 11.4. The molecular formula is C14H17N3O. The molecule has 1 saturated heterocycles. The second-order valence-corrected chi connectivity index (χ2v) is 4.53. The molecular weight excluding hydrogens is 226 g/mol. The van der Waals surface area contributed by atoms with Gasteiger partial charge in [-0.05, 0) is 6.07 Å². The molecule has 0 spiro atoms. The van der Waals surface area contributed by atoms with E-state index >= 15 is 0 Å². The summed E-state index contributed by atoms with van der Waals surface area (Å²) in [5.41, 5.74) is 3.34. The van der Waals surface area contributed by atoms with Gasteiger partial charge in [-0.3, -0.25) is 4.68 Å². The molecule has 2 aromatic rings. The van der Waals surface area contributed by atoms with E-state index in [9.17, 15) is 0 Å². The van der Waals surface area contributed by atoms with Crippen LogP contribution in [0.4, 0.5) is 0 Å². The first-order valence-corrected chi connectivity index (χ1v) is 6.25. The fourth-order valence-electron chi connectivity index (χ4n) is 2.31. The molecule has 4 heteroatoms. The molecule has 0 bridgehead atoms. The number of ether oxygens (including phenoxy) is 1. The van der Waals surface area contributed by atoms with Crippen molar-refractivity contribution in [1.82, 2.24) is 15.1 Å². The van der Waals surface area contributed by atoms with Gasteiger partial charge in [-0.2, -0.15) is 5.10 Å². The number of hydrogen-bond acceptors (Lipinski definition) is 3. The minimum atomic E-state index is 0.244. The summed E-state index contributed by atoms with van der Waals surface area (Å²) in [5, 5.41) is 8.03. The van der Waals surface area contributed by atoms with Crippen LogP contribution in [0.1, 0.15) is 11.7 Å². The first-order valence-electron chi connectivity index (χ1n) is 6.25. The zero-order valence-electron chi connectivity index (χ0n) is 10.5. The van der Waals surface area contributed by atoms with E-state index < -0.39 is 0 Å². The standard InChI is InChI=1S/C14H17N3O/c1-17-14(13-10-18-8-7-15-13)9-12(16-17)11-5-3-2-4-6-11/h2-6,9,13,15H,7-8,10H2,1H3. The zero-order chi connectivity index (χ0) is 12.4. The van der Waals surface area contributed by atoms with Crippen LogP contribution in [-0.2, 0) is 11.8 Å². The molecule has 18 heavy (non-hydrogen) atoms. The highest BCUT2D eigenvalue weighted by atomic mass is 16.5. The van der Waals surface area contributed by atoms with E-state index in [0.717, 1.165) is 24.4 Å². The number of rotatable bonds is 2. The smallest absolute Gasteiger partial charge is 0.0926 e. The average molecular weight is 243 g/mol. The Hall–Kier alpha value is -1.65. The summed E-state index contributed by atoms with van der Waals surface area (Å²) in [5.74, 6) is 0. The minimum absolute atomic E-state index is 0.244. The highest BCUT2D eigenvalue weighted by Crippen LogP contribution is 2.23. The minimum Gasteiger partial charge on any atom is -0.378 e. The van der Waals surface area contributed by atoms with E-state index in [1.165, 1.54) is 5.69 Å². The van der Waals surface area contributed by atoms with Gasteiger partial charge in [0.1, 0.15) is 0 Å². The maximum Gasteiger partial charge on any atom is 0.0926 e. The van der Waals surface area contributed by atoms with Crippen LogP contribution < -0.4 is 5.32 Å². The molecule has 3 rings (SSSR count). The molecule has 0 amide bonds. The van der Waals surface area contributed by atoms with E-state index in [-0.39, 0.29) is 6.04 Å². The van der Waals surface area contributed by atoms with Gasteiger partial charge >= 0.3 is 0 Å². The molecule has 1 unspecified atom stereocenters. The van der Waals surface area contributed by atoms with Crippen LogP contribution in [0.25, 0.3) is 11.3 Å². The lowest BCUT2D eigenvalue weighted by Crippen LogP contribution is -2.35. The third-order valence-electron chi connectivity index (χ3n) is 3.26. The Morgan fingerprint density at radius 2 is 2.17 bits per heavy atom. The van der Waals surface area contributed by atoms with Gasteiger partial charge in [0.05, 0.1) is 30.6 Å². The fourth-order valence-corrected chi connectivity index (χ4v) is 2.31. The summed E-state index contributed by atoms with van der Waals surface area (Å²) in [6, 6.07) is 12.6. The third kappa shape index (κ3) is 2.17. The molecule has 94 valence electrons. The number of aryl methyl sites for hydroxylation is 1. The maximum absolute atomic E-state index is 5.50. The predicted molar refractivity (Wildman–Crippen MR) is 70.2 cm³/mol. The van der Waals surface area contributed by atoms with Gasteiger partial charge in [0.25, 0.3) is 0 Å². The summed E-state index contributed by atoms with van der Waals surface area (Å²) in [6.45, 7) is 2.41. The van der Waals surface area contributed by atoms with E-state index in [0.29, 0.717) is 6.61 Å². The van der Waals surface area contributed by atoms with E-state index in [2.05, 4.69) is 28.6 Å². The van der Waals surface area contributed by atoms with Gasteiger partial charge in [0, 0.05) is 19.2 Å². The highest BCUT2D eigenvalue weighted by Gasteiger charge is 2.19. The molecule has 1 fully saturated rings. The van der Waals surface area contributed by atoms with Crippen LogP contribution in [0.2, 0.25) is 0 Å². The molecule has 1 atom stereocenters. The van der Waals surface area contributed by atoms with Crippen molar-refractivity contribution >= 4 is 0 Å². The monoisotopic (exact) mass is 243 g/mol.